The van der Waals surface area contributed by atoms with Gasteiger partial charge in [-0.05, 0) is 38.5 Å². The minimum Gasteiger partial charge on any atom is -0.307 e. The van der Waals surface area contributed by atoms with E-state index in [0.29, 0.717) is 6.54 Å². The number of rotatable bonds is 3. The average Bonchev–Trinajstić information content (AvgIpc) is 2.44. The van der Waals surface area contributed by atoms with Crippen LogP contribution in [0.1, 0.15) is 28.5 Å². The Bertz CT molecular complexity index is 735. The molecule has 0 bridgehead atoms. The van der Waals surface area contributed by atoms with Gasteiger partial charge in [-0.2, -0.15) is 5.10 Å². The first-order valence-corrected chi connectivity index (χ1v) is 6.87. The minimum atomic E-state index is -0.235. The molecule has 1 heterocycles. The van der Waals surface area contributed by atoms with E-state index in [1.165, 1.54) is 23.9 Å². The van der Waals surface area contributed by atoms with Crippen molar-refractivity contribution in [2.45, 2.75) is 20.8 Å². The van der Waals surface area contributed by atoms with E-state index >= 15 is 0 Å². The Morgan fingerprint density at radius 3 is 2.52 bits per heavy atom. The van der Waals surface area contributed by atoms with Crippen LogP contribution >= 0.6 is 0 Å². The summed E-state index contributed by atoms with van der Waals surface area (Å²) in [6, 6.07) is 8.78. The Hall–Kier alpha value is -2.43. The molecule has 5 heteroatoms. The summed E-state index contributed by atoms with van der Waals surface area (Å²) in [4.78, 5) is 25.7. The molecular formula is C16H19N3O2. The summed E-state index contributed by atoms with van der Waals surface area (Å²) in [6.07, 6.45) is 0. The van der Waals surface area contributed by atoms with Gasteiger partial charge >= 0.3 is 0 Å². The number of carbonyl (C=O) groups is 1. The van der Waals surface area contributed by atoms with Crippen molar-refractivity contribution in [2.75, 3.05) is 11.4 Å². The second kappa shape index (κ2) is 5.91. The monoisotopic (exact) mass is 285 g/mol. The van der Waals surface area contributed by atoms with Gasteiger partial charge in [-0.3, -0.25) is 9.59 Å². The van der Waals surface area contributed by atoms with Crippen LogP contribution in [0.15, 0.2) is 35.1 Å². The zero-order chi connectivity index (χ0) is 15.6. The molecule has 0 aliphatic rings. The van der Waals surface area contributed by atoms with Crippen LogP contribution in [-0.2, 0) is 7.05 Å². The molecule has 0 N–H and O–H groups in total. The summed E-state index contributed by atoms with van der Waals surface area (Å²) >= 11 is 0. The molecule has 0 aliphatic heterocycles. The second-order valence-corrected chi connectivity index (χ2v) is 5.02. The Labute approximate surface area is 123 Å². The lowest BCUT2D eigenvalue weighted by Crippen LogP contribution is -2.33. The van der Waals surface area contributed by atoms with E-state index in [1.54, 1.807) is 4.90 Å². The van der Waals surface area contributed by atoms with Gasteiger partial charge in [-0.1, -0.05) is 17.7 Å². The van der Waals surface area contributed by atoms with E-state index in [4.69, 9.17) is 0 Å². The molecule has 0 unspecified atom stereocenters. The second-order valence-electron chi connectivity index (χ2n) is 5.02. The van der Waals surface area contributed by atoms with Crippen molar-refractivity contribution in [3.8, 4) is 0 Å². The molecule has 21 heavy (non-hydrogen) atoms. The molecule has 0 aliphatic carbocycles. The van der Waals surface area contributed by atoms with Crippen molar-refractivity contribution in [3.63, 3.8) is 0 Å². The van der Waals surface area contributed by atoms with Gasteiger partial charge in [-0.25, -0.2) is 4.68 Å². The fourth-order valence-electron chi connectivity index (χ4n) is 2.29. The molecule has 1 aromatic carbocycles. The lowest BCUT2D eigenvalue weighted by molar-refractivity contribution is 0.0981. The lowest BCUT2D eigenvalue weighted by atomic mass is 10.1. The normalized spacial score (nSPS) is 10.5. The van der Waals surface area contributed by atoms with Gasteiger partial charge < -0.3 is 4.90 Å². The number of anilines is 1. The number of hydrogen-bond acceptors (Lipinski definition) is 3. The number of aromatic nitrogens is 2. The molecule has 1 amide bonds. The molecule has 2 rings (SSSR count). The summed E-state index contributed by atoms with van der Waals surface area (Å²) in [7, 11) is 1.53. The standard InChI is InChI=1S/C16H19N3O2/c1-5-19(14-8-6-11(2)10-12(14)3)16(21)13-7-9-15(20)18(4)17-13/h6-10H,5H2,1-4H3. The molecule has 0 fully saturated rings. The molecule has 5 nitrogen and oxygen atoms in total. The van der Waals surface area contributed by atoms with Crippen molar-refractivity contribution in [1.82, 2.24) is 9.78 Å². The third-order valence-electron chi connectivity index (χ3n) is 3.38. The number of carbonyl (C=O) groups excluding carboxylic acids is 1. The Kier molecular flexibility index (Phi) is 4.21. The summed E-state index contributed by atoms with van der Waals surface area (Å²) in [5, 5.41) is 4.03. The molecule has 110 valence electrons. The maximum absolute atomic E-state index is 12.6. The van der Waals surface area contributed by atoms with Gasteiger partial charge in [0, 0.05) is 25.3 Å². The molecular weight excluding hydrogens is 266 g/mol. The van der Waals surface area contributed by atoms with Crippen molar-refractivity contribution >= 4 is 11.6 Å². The van der Waals surface area contributed by atoms with Crippen molar-refractivity contribution in [2.24, 2.45) is 7.05 Å². The summed E-state index contributed by atoms with van der Waals surface area (Å²) in [5.41, 5.74) is 3.08. The molecule has 0 saturated heterocycles. The van der Waals surface area contributed by atoms with Gasteiger partial charge in [0.05, 0.1) is 0 Å². The Morgan fingerprint density at radius 2 is 1.95 bits per heavy atom. The smallest absolute Gasteiger partial charge is 0.278 e. The van der Waals surface area contributed by atoms with Gasteiger partial charge in [0.15, 0.2) is 0 Å². The third-order valence-corrected chi connectivity index (χ3v) is 3.38. The highest BCUT2D eigenvalue weighted by Gasteiger charge is 2.19. The predicted octanol–water partition coefficient (Wildman–Crippen LogP) is 2.06. The van der Waals surface area contributed by atoms with Crippen LogP contribution in [0.5, 0.6) is 0 Å². The van der Waals surface area contributed by atoms with Crippen molar-refractivity contribution in [1.29, 1.82) is 0 Å². The lowest BCUT2D eigenvalue weighted by Gasteiger charge is -2.23. The van der Waals surface area contributed by atoms with Crippen LogP contribution in [0.3, 0.4) is 0 Å². The summed E-state index contributed by atoms with van der Waals surface area (Å²) < 4.78 is 1.17. The minimum absolute atomic E-state index is 0.208. The Morgan fingerprint density at radius 1 is 1.24 bits per heavy atom. The van der Waals surface area contributed by atoms with Crippen LogP contribution in [0.4, 0.5) is 5.69 Å². The zero-order valence-corrected chi connectivity index (χ0v) is 12.8. The fourth-order valence-corrected chi connectivity index (χ4v) is 2.29. The first-order valence-electron chi connectivity index (χ1n) is 6.87. The topological polar surface area (TPSA) is 55.2 Å². The quantitative estimate of drug-likeness (QED) is 0.867. The molecule has 2 aromatic rings. The number of amides is 1. The van der Waals surface area contributed by atoms with E-state index in [9.17, 15) is 9.59 Å². The van der Waals surface area contributed by atoms with E-state index in [1.807, 2.05) is 39.0 Å². The summed E-state index contributed by atoms with van der Waals surface area (Å²) in [5.74, 6) is -0.208. The SMILES string of the molecule is CCN(C(=O)c1ccc(=O)n(C)n1)c1ccc(C)cc1C. The molecule has 0 radical (unpaired) electrons. The predicted molar refractivity (Wildman–Crippen MR) is 82.7 cm³/mol. The van der Waals surface area contributed by atoms with Crippen LogP contribution < -0.4 is 10.5 Å². The van der Waals surface area contributed by atoms with Crippen LogP contribution in [0, 0.1) is 13.8 Å². The maximum Gasteiger partial charge on any atom is 0.278 e. The first kappa shape index (κ1) is 15.0. The van der Waals surface area contributed by atoms with Crippen molar-refractivity contribution in [3.05, 3.63) is 57.5 Å². The average molecular weight is 285 g/mol. The first-order chi connectivity index (χ1) is 9.93. The van der Waals surface area contributed by atoms with E-state index in [-0.39, 0.29) is 17.2 Å². The largest absolute Gasteiger partial charge is 0.307 e. The van der Waals surface area contributed by atoms with E-state index < -0.39 is 0 Å². The van der Waals surface area contributed by atoms with E-state index in [2.05, 4.69) is 5.10 Å². The molecule has 0 spiro atoms. The maximum atomic E-state index is 12.6. The van der Waals surface area contributed by atoms with Crippen molar-refractivity contribution < 1.29 is 4.79 Å². The fraction of sp³-hybridized carbons (Fsp3) is 0.312. The highest BCUT2D eigenvalue weighted by Crippen LogP contribution is 2.22. The van der Waals surface area contributed by atoms with Crippen LogP contribution in [0.25, 0.3) is 0 Å². The van der Waals surface area contributed by atoms with Gasteiger partial charge in [0.25, 0.3) is 11.5 Å². The van der Waals surface area contributed by atoms with Gasteiger partial charge in [0.2, 0.25) is 0 Å². The zero-order valence-electron chi connectivity index (χ0n) is 12.8. The highest BCUT2D eigenvalue weighted by atomic mass is 16.2. The number of hydrogen-bond donors (Lipinski definition) is 0. The molecule has 1 aromatic heterocycles. The number of nitrogens with zero attached hydrogens (tertiary/aromatic N) is 3. The number of benzene rings is 1. The van der Waals surface area contributed by atoms with Gasteiger partial charge in [-0.15, -0.1) is 0 Å². The van der Waals surface area contributed by atoms with Crippen LogP contribution in [0.2, 0.25) is 0 Å². The summed E-state index contributed by atoms with van der Waals surface area (Å²) in [6.45, 7) is 6.45. The van der Waals surface area contributed by atoms with Gasteiger partial charge in [0.1, 0.15) is 5.69 Å². The highest BCUT2D eigenvalue weighted by molar-refractivity contribution is 6.05. The van der Waals surface area contributed by atoms with Crippen LogP contribution in [-0.4, -0.2) is 22.2 Å². The third kappa shape index (κ3) is 3.02. The van der Waals surface area contributed by atoms with E-state index in [0.717, 1.165) is 16.8 Å². The molecule has 0 atom stereocenters. The molecule has 0 saturated carbocycles. The number of aryl methyl sites for hydroxylation is 3. The Balaban J connectivity index is 2.42.